The Morgan fingerprint density at radius 2 is 1.94 bits per heavy atom. The average molecular weight is 220 g/mol. The summed E-state index contributed by atoms with van der Waals surface area (Å²) >= 11 is 0. The van der Waals surface area contributed by atoms with Gasteiger partial charge in [0, 0.05) is 18.7 Å². The lowest BCUT2D eigenvalue weighted by Gasteiger charge is -2.08. The van der Waals surface area contributed by atoms with Crippen LogP contribution in [0.15, 0.2) is 30.3 Å². The Kier molecular flexibility index (Phi) is 2.87. The molecule has 0 spiro atoms. The van der Waals surface area contributed by atoms with Gasteiger partial charge in [-0.05, 0) is 0 Å². The molecule has 1 aliphatic rings. The van der Waals surface area contributed by atoms with Gasteiger partial charge in [-0.3, -0.25) is 4.79 Å². The predicted molar refractivity (Wildman–Crippen MR) is 56.4 cm³/mol. The minimum Gasteiger partial charge on any atom is -0.431 e. The van der Waals surface area contributed by atoms with Gasteiger partial charge in [0.1, 0.15) is 0 Å². The third-order valence-corrected chi connectivity index (χ3v) is 2.38. The van der Waals surface area contributed by atoms with Crippen LogP contribution < -0.4 is 5.73 Å². The van der Waals surface area contributed by atoms with Gasteiger partial charge < -0.3 is 10.5 Å². The highest BCUT2D eigenvalue weighted by atomic mass is 16.6. The summed E-state index contributed by atoms with van der Waals surface area (Å²) < 4.78 is 5.01. The fourth-order valence-electron chi connectivity index (χ4n) is 1.62. The Hall–Kier alpha value is -1.88. The number of carbonyl (C=O) groups is 2. The summed E-state index contributed by atoms with van der Waals surface area (Å²) in [6, 6.07) is 8.93. The van der Waals surface area contributed by atoms with Gasteiger partial charge in [0.05, 0.1) is 0 Å². The number of amides is 2. The van der Waals surface area contributed by atoms with Crippen LogP contribution in [0, 0.1) is 0 Å². The molecule has 0 saturated carbocycles. The van der Waals surface area contributed by atoms with Crippen LogP contribution in [0.2, 0.25) is 0 Å². The number of carbonyl (C=O) groups excluding carboxylic acids is 2. The van der Waals surface area contributed by atoms with E-state index in [2.05, 4.69) is 0 Å². The number of hydrogen-bond donors (Lipinski definition) is 1. The topological polar surface area (TPSA) is 72.6 Å². The van der Waals surface area contributed by atoms with E-state index in [0.717, 1.165) is 4.90 Å². The molecule has 84 valence electrons. The second-order valence-corrected chi connectivity index (χ2v) is 3.45. The molecule has 5 heteroatoms. The Balaban J connectivity index is 2.21. The fourth-order valence-corrected chi connectivity index (χ4v) is 1.62. The largest absolute Gasteiger partial charge is 0.431 e. The normalized spacial score (nSPS) is 20.1. The van der Waals surface area contributed by atoms with Crippen molar-refractivity contribution in [2.75, 3.05) is 13.1 Å². The number of imide groups is 1. The predicted octanol–water partition coefficient (Wildman–Crippen LogP) is 0.665. The standard InChI is InChI=1S/C11H12N2O3/c12-6-7-13-10(14)9(16-11(13)15)8-4-2-1-3-5-8/h1-5,9H,6-7,12H2/t9-/m1/s1. The number of nitrogens with zero attached hydrogens (tertiary/aromatic N) is 1. The van der Waals surface area contributed by atoms with Gasteiger partial charge in [-0.2, -0.15) is 0 Å². The molecule has 1 atom stereocenters. The van der Waals surface area contributed by atoms with Gasteiger partial charge in [-0.25, -0.2) is 9.69 Å². The number of nitrogens with two attached hydrogens (primary N) is 1. The van der Waals surface area contributed by atoms with E-state index in [1.807, 2.05) is 6.07 Å². The van der Waals surface area contributed by atoms with Gasteiger partial charge in [-0.1, -0.05) is 30.3 Å². The zero-order valence-electron chi connectivity index (χ0n) is 8.63. The van der Waals surface area contributed by atoms with Crippen molar-refractivity contribution in [1.29, 1.82) is 0 Å². The molecule has 0 bridgehead atoms. The third kappa shape index (κ3) is 1.77. The van der Waals surface area contributed by atoms with Crippen molar-refractivity contribution in [1.82, 2.24) is 4.90 Å². The van der Waals surface area contributed by atoms with E-state index in [0.29, 0.717) is 5.56 Å². The van der Waals surface area contributed by atoms with E-state index >= 15 is 0 Å². The second-order valence-electron chi connectivity index (χ2n) is 3.45. The lowest BCUT2D eigenvalue weighted by atomic mass is 10.1. The molecule has 1 aliphatic heterocycles. The molecule has 1 fully saturated rings. The van der Waals surface area contributed by atoms with Crippen LogP contribution in [0.5, 0.6) is 0 Å². The van der Waals surface area contributed by atoms with E-state index < -0.39 is 12.2 Å². The minimum atomic E-state index is -0.819. The highest BCUT2D eigenvalue weighted by Crippen LogP contribution is 2.26. The van der Waals surface area contributed by atoms with Gasteiger partial charge in [0.15, 0.2) is 0 Å². The lowest BCUT2D eigenvalue weighted by molar-refractivity contribution is -0.129. The molecule has 0 aliphatic carbocycles. The Labute approximate surface area is 92.8 Å². The first-order valence-electron chi connectivity index (χ1n) is 5.01. The highest BCUT2D eigenvalue weighted by molar-refractivity contribution is 6.00. The van der Waals surface area contributed by atoms with Crippen LogP contribution in [-0.4, -0.2) is 30.0 Å². The number of rotatable bonds is 3. The Morgan fingerprint density at radius 1 is 1.25 bits per heavy atom. The maximum atomic E-state index is 11.8. The molecular weight excluding hydrogens is 208 g/mol. The molecule has 16 heavy (non-hydrogen) atoms. The Morgan fingerprint density at radius 3 is 2.56 bits per heavy atom. The van der Waals surface area contributed by atoms with E-state index in [1.165, 1.54) is 0 Å². The van der Waals surface area contributed by atoms with Crippen molar-refractivity contribution in [3.63, 3.8) is 0 Å². The monoisotopic (exact) mass is 220 g/mol. The van der Waals surface area contributed by atoms with Crippen molar-refractivity contribution in [3.8, 4) is 0 Å². The lowest BCUT2D eigenvalue weighted by Crippen LogP contribution is -2.34. The van der Waals surface area contributed by atoms with Gasteiger partial charge in [-0.15, -0.1) is 0 Å². The van der Waals surface area contributed by atoms with Crippen molar-refractivity contribution >= 4 is 12.0 Å². The van der Waals surface area contributed by atoms with Crippen molar-refractivity contribution in [2.24, 2.45) is 5.73 Å². The molecule has 5 nitrogen and oxygen atoms in total. The molecule has 1 aromatic rings. The third-order valence-electron chi connectivity index (χ3n) is 2.38. The number of benzene rings is 1. The Bertz CT molecular complexity index is 405. The molecule has 1 aromatic carbocycles. The molecule has 2 N–H and O–H groups in total. The molecule has 0 unspecified atom stereocenters. The maximum Gasteiger partial charge on any atom is 0.417 e. The van der Waals surface area contributed by atoms with Gasteiger partial charge in [0.25, 0.3) is 5.91 Å². The van der Waals surface area contributed by atoms with Crippen LogP contribution in [0.25, 0.3) is 0 Å². The van der Waals surface area contributed by atoms with Crippen molar-refractivity contribution in [2.45, 2.75) is 6.10 Å². The number of hydrogen-bond acceptors (Lipinski definition) is 4. The smallest absolute Gasteiger partial charge is 0.417 e. The average Bonchev–Trinajstić information content (AvgIpc) is 2.59. The van der Waals surface area contributed by atoms with Crippen LogP contribution in [-0.2, 0) is 9.53 Å². The summed E-state index contributed by atoms with van der Waals surface area (Å²) in [5.41, 5.74) is 6.00. The summed E-state index contributed by atoms with van der Waals surface area (Å²) in [6.07, 6.45) is -1.44. The first-order valence-corrected chi connectivity index (χ1v) is 5.01. The van der Waals surface area contributed by atoms with Crippen LogP contribution in [0.1, 0.15) is 11.7 Å². The van der Waals surface area contributed by atoms with Crippen molar-refractivity contribution < 1.29 is 14.3 Å². The van der Waals surface area contributed by atoms with E-state index in [-0.39, 0.29) is 19.0 Å². The summed E-state index contributed by atoms with van der Waals surface area (Å²) in [4.78, 5) is 24.3. The van der Waals surface area contributed by atoms with Crippen molar-refractivity contribution in [3.05, 3.63) is 35.9 Å². The summed E-state index contributed by atoms with van der Waals surface area (Å²) in [7, 11) is 0. The van der Waals surface area contributed by atoms with Crippen LogP contribution in [0.3, 0.4) is 0 Å². The van der Waals surface area contributed by atoms with E-state index in [9.17, 15) is 9.59 Å². The molecular formula is C11H12N2O3. The first kappa shape index (κ1) is 10.6. The molecule has 0 aromatic heterocycles. The SMILES string of the molecule is NCCN1C(=O)O[C@H](c2ccccc2)C1=O. The first-order chi connectivity index (χ1) is 7.74. The number of ether oxygens (including phenoxy) is 1. The molecule has 2 rings (SSSR count). The second kappa shape index (κ2) is 4.32. The summed E-state index contributed by atoms with van der Waals surface area (Å²) in [5, 5.41) is 0. The molecule has 0 radical (unpaired) electrons. The molecule has 2 amide bonds. The molecule has 1 heterocycles. The minimum absolute atomic E-state index is 0.195. The van der Waals surface area contributed by atoms with Gasteiger partial charge in [0.2, 0.25) is 6.10 Å². The zero-order valence-corrected chi connectivity index (χ0v) is 8.63. The van der Waals surface area contributed by atoms with Gasteiger partial charge >= 0.3 is 6.09 Å². The fraction of sp³-hybridized carbons (Fsp3) is 0.273. The highest BCUT2D eigenvalue weighted by Gasteiger charge is 2.40. The quantitative estimate of drug-likeness (QED) is 0.812. The zero-order chi connectivity index (χ0) is 11.5. The van der Waals surface area contributed by atoms with Crippen LogP contribution >= 0.6 is 0 Å². The summed E-state index contributed by atoms with van der Waals surface area (Å²) in [5.74, 6) is -0.346. The van der Waals surface area contributed by atoms with E-state index in [4.69, 9.17) is 10.5 Å². The van der Waals surface area contributed by atoms with E-state index in [1.54, 1.807) is 24.3 Å². The summed E-state index contributed by atoms with van der Waals surface area (Å²) in [6.45, 7) is 0.434. The number of cyclic esters (lactones) is 1. The maximum absolute atomic E-state index is 11.8. The molecule has 1 saturated heterocycles. The van der Waals surface area contributed by atoms with Crippen LogP contribution in [0.4, 0.5) is 4.79 Å².